The van der Waals surface area contributed by atoms with E-state index in [0.29, 0.717) is 55.8 Å². The highest BCUT2D eigenvalue weighted by molar-refractivity contribution is 7.86. The number of aliphatic carboxylic acids is 3. The van der Waals surface area contributed by atoms with Gasteiger partial charge in [0, 0.05) is 112 Å². The van der Waals surface area contributed by atoms with Crippen LogP contribution in [-0.2, 0) is 80.6 Å². The highest BCUT2D eigenvalue weighted by Crippen LogP contribution is 2.48. The van der Waals surface area contributed by atoms with E-state index in [4.69, 9.17) is 42.4 Å². The highest BCUT2D eigenvalue weighted by Gasteiger charge is 2.45. The lowest BCUT2D eigenvalue weighted by Crippen LogP contribution is -2.47. The number of anilines is 1. The minimum absolute atomic E-state index is 0.00914. The maximum Gasteiger partial charge on any atom is 0.373 e. The Morgan fingerprint density at radius 3 is 1.88 bits per heavy atom. The molecular weight excluding hydrogens is 1470 g/mol. The van der Waals surface area contributed by atoms with Crippen LogP contribution in [0.1, 0.15) is 173 Å². The van der Waals surface area contributed by atoms with Crippen molar-refractivity contribution in [3.63, 3.8) is 0 Å². The standard InChI is InChI=1S/C75H104N12O18S2.CO2/c1-74(2)55-23-6-8-26-60(55)86(43-11-13-45-106(99,100)101)63(74)38-32-50-19-15-20-51(33-39-64-75(3,4)56-24-7-9-27-61(56)87(64)44-12-14-46-107(102,103)104)67(50)105-54-35-30-49(31-36-54)47-59(70(96)97)84-68(93)52(21-16-40-80-71(76)77)48-62(89)57(25-17-41-81-72(78)79)83-65(90)28-10-5-22-53(88)34-37-58(69(94)95)85-73(98)82-42-18-29-66(91)92;2-1-3/h6-9,23-24,26-27,30-33,35-36,38-39,52,57-59H,5,10-22,25,28-29,34,37,40-48H2,1-4H3,(H16-,76,77,78,79,80,81,82,83,84,85,90,91,92,93,94,95,96,97,98,99,100,101,102,103,104);/p+1/t52-,57+,58-,59-;/m1./s1. The predicted octanol–water partition coefficient (Wildman–Crippen LogP) is 6.30. The van der Waals surface area contributed by atoms with E-state index in [1.54, 1.807) is 24.3 Å². The van der Waals surface area contributed by atoms with Crippen LogP contribution in [0.25, 0.3) is 0 Å². The van der Waals surface area contributed by atoms with Crippen LogP contribution in [0.15, 0.2) is 130 Å². The second kappa shape index (κ2) is 43.7. The molecule has 600 valence electrons. The number of urea groups is 1. The first-order valence-electron chi connectivity index (χ1n) is 36.5. The molecule has 0 aromatic heterocycles. The molecule has 0 fully saturated rings. The Balaban J connectivity index is 0.00000710. The first kappa shape index (κ1) is 90.2. The summed E-state index contributed by atoms with van der Waals surface area (Å²) in [5.41, 5.74) is 29.6. The van der Waals surface area contributed by atoms with Crippen LogP contribution in [0.2, 0.25) is 0 Å². The summed E-state index contributed by atoms with van der Waals surface area (Å²) in [5, 5.41) is 39.1. The smallest absolute Gasteiger partial charge is 0.373 e. The molecule has 2 heterocycles. The summed E-state index contributed by atoms with van der Waals surface area (Å²) in [6.07, 6.45) is 11.5. The van der Waals surface area contributed by atoms with Crippen LogP contribution >= 0.6 is 0 Å². The van der Waals surface area contributed by atoms with Gasteiger partial charge in [-0.1, -0.05) is 68.5 Å². The molecule has 1 aliphatic carbocycles. The Morgan fingerprint density at radius 1 is 0.645 bits per heavy atom. The summed E-state index contributed by atoms with van der Waals surface area (Å²) >= 11 is 0. The number of benzene rings is 3. The van der Waals surface area contributed by atoms with E-state index in [9.17, 15) is 74.5 Å². The van der Waals surface area contributed by atoms with Gasteiger partial charge in [-0.15, -0.1) is 0 Å². The number of para-hydroxylation sites is 2. The molecule has 2 aliphatic heterocycles. The predicted molar refractivity (Wildman–Crippen MR) is 411 cm³/mol. The number of carbonyl (C=O) groups excluding carboxylic acids is 7. The second-order valence-electron chi connectivity index (χ2n) is 28.1. The first-order valence-corrected chi connectivity index (χ1v) is 39.8. The number of hydrogen-bond donors (Lipinski definition) is 13. The Kier molecular flexibility index (Phi) is 35.8. The number of aliphatic imine (C=N–C) groups is 2. The fourth-order valence-electron chi connectivity index (χ4n) is 13.4. The lowest BCUT2D eigenvalue weighted by Gasteiger charge is -2.27. The van der Waals surface area contributed by atoms with Gasteiger partial charge in [-0.2, -0.15) is 31.0 Å². The Bertz CT molecular complexity index is 4250. The molecule has 0 bridgehead atoms. The number of ether oxygens (including phenoxy) is 1. The average Bonchev–Trinajstić information content (AvgIpc) is 1.60. The van der Waals surface area contributed by atoms with Gasteiger partial charge in [-0.25, -0.2) is 14.4 Å². The van der Waals surface area contributed by atoms with Gasteiger partial charge in [0.1, 0.15) is 35.9 Å². The van der Waals surface area contributed by atoms with Crippen molar-refractivity contribution in [1.29, 1.82) is 0 Å². The SMILES string of the molecule is CC1(C)C(/C=C/C2=C(Oc3ccc(C[C@@H](NC(=O)[C@H](CCCN=C(N)N)CC(=O)[C@H](CCCN=C(N)N)NC(=O)CCCCC(=O)CC[C@@H](NC(=O)NCCCC(=O)O)C(=O)O)C(=O)O)cc3)C(=C/C=C3/N(CCCCS(=O)(=O)O)c4ccccc4C3(C)C)/CCC2)=[N+](CCCCS(=O)(=O)O)c2ccccc21.O=C=O. The van der Waals surface area contributed by atoms with Gasteiger partial charge in [0.15, 0.2) is 23.4 Å². The normalized spacial score (nSPS) is 16.1. The largest absolute Gasteiger partial charge is 0.481 e. The van der Waals surface area contributed by atoms with E-state index in [2.05, 4.69) is 105 Å². The van der Waals surface area contributed by atoms with Crippen LogP contribution in [0.5, 0.6) is 5.75 Å². The number of nitrogens with two attached hydrogens (primary N) is 4. The molecule has 110 heavy (non-hydrogen) atoms. The summed E-state index contributed by atoms with van der Waals surface area (Å²) < 4.78 is 75.1. The number of carbonyl (C=O) groups is 8. The molecule has 0 saturated carbocycles. The van der Waals surface area contributed by atoms with E-state index < -0.39 is 103 Å². The topological polar surface area (TPSA) is 533 Å². The zero-order valence-electron chi connectivity index (χ0n) is 62.6. The van der Waals surface area contributed by atoms with Crippen LogP contribution in [0, 0.1) is 5.92 Å². The summed E-state index contributed by atoms with van der Waals surface area (Å²) in [6.45, 7) is 9.61. The van der Waals surface area contributed by atoms with Crippen molar-refractivity contribution in [3.05, 3.63) is 136 Å². The number of allylic oxidation sites excluding steroid dienone is 7. The molecule has 0 radical (unpaired) electrons. The average molecular weight is 1570 g/mol. The third kappa shape index (κ3) is 29.9. The van der Waals surface area contributed by atoms with Gasteiger partial charge in [0.25, 0.3) is 20.2 Å². The van der Waals surface area contributed by atoms with Crippen LogP contribution in [0.4, 0.5) is 16.2 Å². The van der Waals surface area contributed by atoms with E-state index in [-0.39, 0.29) is 151 Å². The van der Waals surface area contributed by atoms with Crippen LogP contribution in [-0.4, -0.2) is 179 Å². The van der Waals surface area contributed by atoms with Crippen LogP contribution < -0.4 is 53.8 Å². The summed E-state index contributed by atoms with van der Waals surface area (Å²) in [4.78, 5) is 129. The summed E-state index contributed by atoms with van der Waals surface area (Å²) in [7, 11) is -8.33. The lowest BCUT2D eigenvalue weighted by atomic mass is 9.81. The van der Waals surface area contributed by atoms with Gasteiger partial charge in [0.2, 0.25) is 17.5 Å². The van der Waals surface area contributed by atoms with Crippen molar-refractivity contribution in [1.82, 2.24) is 21.3 Å². The number of rotatable bonds is 46. The van der Waals surface area contributed by atoms with E-state index in [0.717, 1.165) is 51.5 Å². The number of ketones is 2. The van der Waals surface area contributed by atoms with Gasteiger partial charge < -0.3 is 69.2 Å². The molecule has 32 nitrogen and oxygen atoms in total. The molecule has 0 unspecified atom stereocenters. The highest BCUT2D eigenvalue weighted by atomic mass is 32.2. The number of nitrogens with one attached hydrogen (secondary N) is 4. The molecule has 3 aromatic carbocycles. The molecule has 3 aliphatic rings. The number of amides is 4. The lowest BCUT2D eigenvalue weighted by molar-refractivity contribution is -0.438. The first-order chi connectivity index (χ1) is 51.9. The van der Waals surface area contributed by atoms with Gasteiger partial charge >= 0.3 is 30.1 Å². The molecule has 4 amide bonds. The van der Waals surface area contributed by atoms with Gasteiger partial charge in [0.05, 0.1) is 23.0 Å². The van der Waals surface area contributed by atoms with E-state index in [1.807, 2.05) is 36.4 Å². The third-order valence-electron chi connectivity index (χ3n) is 19.0. The molecule has 4 atom stereocenters. The monoisotopic (exact) mass is 1570 g/mol. The number of guanidine groups is 2. The zero-order valence-corrected chi connectivity index (χ0v) is 64.3. The van der Waals surface area contributed by atoms with Crippen molar-refractivity contribution in [2.75, 3.05) is 49.1 Å². The number of Topliss-reactive ketones (excluding diaryl/α,β-unsaturated/α-hetero) is 2. The van der Waals surface area contributed by atoms with E-state index >= 15 is 0 Å². The fraction of sp³-hybridized carbons (Fsp3) is 0.500. The summed E-state index contributed by atoms with van der Waals surface area (Å²) in [6, 6.07) is 18.0. The summed E-state index contributed by atoms with van der Waals surface area (Å²) in [5.74, 6) is -7.31. The Labute approximate surface area is 641 Å². The number of fused-ring (bicyclic) bond motifs is 2. The third-order valence-corrected chi connectivity index (χ3v) is 20.6. The van der Waals surface area contributed by atoms with Crippen LogP contribution in [0.3, 0.4) is 0 Å². The maximum atomic E-state index is 14.4. The molecule has 34 heteroatoms. The molecular formula is C76H105N12O20S2+. The maximum absolute atomic E-state index is 14.4. The van der Waals surface area contributed by atoms with E-state index in [1.165, 1.54) is 0 Å². The number of hydrogen-bond acceptors (Lipinski definition) is 18. The van der Waals surface area contributed by atoms with Gasteiger partial charge in [-0.3, -0.25) is 43.1 Å². The molecule has 6 rings (SSSR count). The van der Waals surface area contributed by atoms with Crippen molar-refractivity contribution in [2.45, 2.75) is 191 Å². The quantitative estimate of drug-likeness (QED) is 0.00969. The fourth-order valence-corrected chi connectivity index (χ4v) is 14.5. The minimum atomic E-state index is -4.17. The molecule has 3 aromatic rings. The zero-order chi connectivity index (χ0) is 81.4. The Morgan fingerprint density at radius 2 is 1.25 bits per heavy atom. The van der Waals surface area contributed by atoms with Crippen molar-refractivity contribution in [3.8, 4) is 5.75 Å². The minimum Gasteiger partial charge on any atom is -0.481 e. The number of carboxylic acids is 3. The number of unbranched alkanes of at least 4 members (excludes halogenated alkanes) is 3. The second-order valence-corrected chi connectivity index (χ2v) is 31.3. The van der Waals surface area contributed by atoms with Gasteiger partial charge in [-0.05, 0) is 156 Å². The molecule has 0 spiro atoms. The molecule has 17 N–H and O–H groups in total. The van der Waals surface area contributed by atoms with Crippen molar-refractivity contribution >= 4 is 103 Å². The van der Waals surface area contributed by atoms with Crippen molar-refractivity contribution in [2.24, 2.45) is 38.8 Å². The number of carboxylic acid groups (broad SMARTS) is 3. The number of nitrogens with zero attached hydrogens (tertiary/aromatic N) is 4. The molecule has 0 saturated heterocycles. The Hall–Kier alpha value is -10.4. The van der Waals surface area contributed by atoms with Crippen molar-refractivity contribution < 1.29 is 98.5 Å².